The quantitative estimate of drug-likeness (QED) is 0.766. The number of carbonyl (C=O) groups excluding carboxylic acids is 2. The van der Waals surface area contributed by atoms with Gasteiger partial charge in [0.25, 0.3) is 0 Å². The first-order valence-corrected chi connectivity index (χ1v) is 6.83. The molecule has 1 unspecified atom stereocenters. The van der Waals surface area contributed by atoms with Crippen molar-refractivity contribution in [2.24, 2.45) is 5.92 Å². The number of para-hydroxylation sites is 1. The average molecular weight is 258 g/mol. The summed E-state index contributed by atoms with van der Waals surface area (Å²) in [6.07, 6.45) is 2.45. The number of hydrogen-bond donors (Lipinski definition) is 0. The molecule has 0 N–H and O–H groups in total. The van der Waals surface area contributed by atoms with Crippen LogP contribution in [-0.4, -0.2) is 17.2 Å². The first-order valence-electron chi connectivity index (χ1n) is 6.83. The minimum Gasteiger partial charge on any atom is -0.486 e. The van der Waals surface area contributed by atoms with Crippen molar-refractivity contribution in [1.29, 1.82) is 0 Å². The Morgan fingerprint density at radius 3 is 2.84 bits per heavy atom. The van der Waals surface area contributed by atoms with Gasteiger partial charge < -0.3 is 4.74 Å². The van der Waals surface area contributed by atoms with E-state index in [-0.39, 0.29) is 23.1 Å². The van der Waals surface area contributed by atoms with Gasteiger partial charge in [0.05, 0.1) is 5.56 Å². The zero-order chi connectivity index (χ0) is 13.6. The topological polar surface area (TPSA) is 43.4 Å². The molecule has 1 aromatic carbocycles. The van der Waals surface area contributed by atoms with E-state index in [1.807, 2.05) is 32.0 Å². The number of benzene rings is 1. The fraction of sp³-hybridized carbons (Fsp3) is 0.500. The maximum absolute atomic E-state index is 12.5. The highest BCUT2D eigenvalue weighted by Crippen LogP contribution is 2.39. The molecule has 1 fully saturated rings. The highest BCUT2D eigenvalue weighted by Gasteiger charge is 2.36. The van der Waals surface area contributed by atoms with Gasteiger partial charge in [0.15, 0.2) is 5.78 Å². The van der Waals surface area contributed by atoms with Crippen LogP contribution >= 0.6 is 0 Å². The molecule has 3 nitrogen and oxygen atoms in total. The third-order valence-electron chi connectivity index (χ3n) is 3.97. The molecule has 0 bridgehead atoms. The van der Waals surface area contributed by atoms with Crippen LogP contribution in [0.2, 0.25) is 0 Å². The molecule has 100 valence electrons. The van der Waals surface area contributed by atoms with Gasteiger partial charge in [-0.1, -0.05) is 12.1 Å². The van der Waals surface area contributed by atoms with Crippen LogP contribution in [0.5, 0.6) is 5.75 Å². The van der Waals surface area contributed by atoms with Crippen molar-refractivity contribution in [3.05, 3.63) is 29.3 Å². The lowest BCUT2D eigenvalue weighted by Gasteiger charge is -2.18. The molecule has 1 aromatic rings. The molecular weight excluding hydrogens is 240 g/mol. The van der Waals surface area contributed by atoms with Crippen molar-refractivity contribution in [2.75, 3.05) is 0 Å². The van der Waals surface area contributed by atoms with Gasteiger partial charge in [0.1, 0.15) is 17.1 Å². The highest BCUT2D eigenvalue weighted by molar-refractivity contribution is 6.04. The molecule has 1 heterocycles. The average Bonchev–Trinajstić information content (AvgIpc) is 2.89. The fourth-order valence-electron chi connectivity index (χ4n) is 3.07. The lowest BCUT2D eigenvalue weighted by molar-refractivity contribution is -0.117. The zero-order valence-electron chi connectivity index (χ0n) is 11.4. The Hall–Kier alpha value is -1.64. The van der Waals surface area contributed by atoms with Crippen LogP contribution in [0.25, 0.3) is 0 Å². The molecule has 1 aliphatic carbocycles. The normalized spacial score (nSPS) is 24.1. The molecule has 0 amide bonds. The second-order valence-electron chi connectivity index (χ2n) is 6.18. The van der Waals surface area contributed by atoms with E-state index in [1.54, 1.807) is 0 Å². The monoisotopic (exact) mass is 258 g/mol. The smallest absolute Gasteiger partial charge is 0.170 e. The van der Waals surface area contributed by atoms with Crippen LogP contribution < -0.4 is 4.74 Å². The Morgan fingerprint density at radius 2 is 2.16 bits per heavy atom. The summed E-state index contributed by atoms with van der Waals surface area (Å²) in [5, 5.41) is 0. The molecule has 3 heteroatoms. The van der Waals surface area contributed by atoms with Gasteiger partial charge in [-0.25, -0.2) is 0 Å². The summed E-state index contributed by atoms with van der Waals surface area (Å²) in [6.45, 7) is 4.06. The maximum atomic E-state index is 12.5. The lowest BCUT2D eigenvalue weighted by atomic mass is 9.93. The van der Waals surface area contributed by atoms with Crippen LogP contribution in [0.4, 0.5) is 0 Å². The number of rotatable bonds is 2. The largest absolute Gasteiger partial charge is 0.486 e. The first-order chi connectivity index (χ1) is 8.96. The van der Waals surface area contributed by atoms with Gasteiger partial charge in [0.2, 0.25) is 0 Å². The predicted molar refractivity (Wildman–Crippen MR) is 71.5 cm³/mol. The Bertz CT molecular complexity index is 557. The SMILES string of the molecule is CC1(C)Cc2cccc(C(=O)C3CCC(=O)C3)c2O1. The van der Waals surface area contributed by atoms with Crippen molar-refractivity contribution in [3.63, 3.8) is 0 Å². The van der Waals surface area contributed by atoms with Crippen LogP contribution in [-0.2, 0) is 11.2 Å². The minimum atomic E-state index is -0.246. The van der Waals surface area contributed by atoms with Crippen LogP contribution in [0.3, 0.4) is 0 Å². The van der Waals surface area contributed by atoms with Gasteiger partial charge in [-0.2, -0.15) is 0 Å². The summed E-state index contributed by atoms with van der Waals surface area (Å²) in [6, 6.07) is 5.75. The molecule has 3 rings (SSSR count). The van der Waals surface area contributed by atoms with Crippen molar-refractivity contribution >= 4 is 11.6 Å². The minimum absolute atomic E-state index is 0.0698. The third kappa shape index (κ3) is 2.18. The maximum Gasteiger partial charge on any atom is 0.170 e. The molecule has 19 heavy (non-hydrogen) atoms. The van der Waals surface area contributed by atoms with E-state index in [0.29, 0.717) is 24.8 Å². The Labute approximate surface area is 113 Å². The molecule has 0 spiro atoms. The fourth-order valence-corrected chi connectivity index (χ4v) is 3.07. The molecule has 2 aliphatic rings. The number of hydrogen-bond acceptors (Lipinski definition) is 3. The van der Waals surface area contributed by atoms with E-state index < -0.39 is 0 Å². The van der Waals surface area contributed by atoms with Gasteiger partial charge in [-0.05, 0) is 31.9 Å². The lowest BCUT2D eigenvalue weighted by Crippen LogP contribution is -2.25. The van der Waals surface area contributed by atoms with Crippen molar-refractivity contribution in [3.8, 4) is 5.75 Å². The molecule has 1 atom stereocenters. The molecular formula is C16H18O3. The standard InChI is InChI=1S/C16H18O3/c1-16(2)9-11-4-3-5-13(15(11)19-16)14(18)10-6-7-12(17)8-10/h3-5,10H,6-9H2,1-2H3. The van der Waals surface area contributed by atoms with Gasteiger partial charge in [0, 0.05) is 25.2 Å². The van der Waals surface area contributed by atoms with Crippen molar-refractivity contribution in [2.45, 2.75) is 45.1 Å². The number of Topliss-reactive ketones (excluding diaryl/α,β-unsaturated/α-hetero) is 2. The Morgan fingerprint density at radius 1 is 1.37 bits per heavy atom. The zero-order valence-corrected chi connectivity index (χ0v) is 11.4. The van der Waals surface area contributed by atoms with Crippen LogP contribution in [0, 0.1) is 5.92 Å². The molecule has 0 radical (unpaired) electrons. The molecule has 0 saturated heterocycles. The summed E-state index contributed by atoms with van der Waals surface area (Å²) in [5.41, 5.74) is 1.51. The molecule has 0 aromatic heterocycles. The number of ether oxygens (including phenoxy) is 1. The number of ketones is 2. The Kier molecular flexibility index (Phi) is 2.73. The van der Waals surface area contributed by atoms with E-state index >= 15 is 0 Å². The van der Waals surface area contributed by atoms with Crippen molar-refractivity contribution in [1.82, 2.24) is 0 Å². The first kappa shape index (κ1) is 12.4. The second-order valence-corrected chi connectivity index (χ2v) is 6.18. The summed E-state index contributed by atoms with van der Waals surface area (Å²) in [5.74, 6) is 0.857. The number of carbonyl (C=O) groups is 2. The Balaban J connectivity index is 1.93. The van der Waals surface area contributed by atoms with E-state index in [1.165, 1.54) is 0 Å². The summed E-state index contributed by atoms with van der Waals surface area (Å²) < 4.78 is 5.93. The molecule has 1 saturated carbocycles. The molecule has 1 aliphatic heterocycles. The van der Waals surface area contributed by atoms with E-state index in [0.717, 1.165) is 17.7 Å². The third-order valence-corrected chi connectivity index (χ3v) is 3.97. The van der Waals surface area contributed by atoms with Crippen molar-refractivity contribution < 1.29 is 14.3 Å². The summed E-state index contributed by atoms with van der Waals surface area (Å²) >= 11 is 0. The van der Waals surface area contributed by atoms with E-state index in [2.05, 4.69) is 0 Å². The van der Waals surface area contributed by atoms with E-state index in [9.17, 15) is 9.59 Å². The van der Waals surface area contributed by atoms with Crippen LogP contribution in [0.1, 0.15) is 49.0 Å². The van der Waals surface area contributed by atoms with Gasteiger partial charge in [-0.3, -0.25) is 9.59 Å². The second kappa shape index (κ2) is 4.19. The van der Waals surface area contributed by atoms with Gasteiger partial charge in [-0.15, -0.1) is 0 Å². The highest BCUT2D eigenvalue weighted by atomic mass is 16.5. The summed E-state index contributed by atoms with van der Waals surface area (Å²) in [4.78, 5) is 23.9. The van der Waals surface area contributed by atoms with E-state index in [4.69, 9.17) is 4.74 Å². The predicted octanol–water partition coefficient (Wildman–Crippen LogP) is 2.95. The summed E-state index contributed by atoms with van der Waals surface area (Å²) in [7, 11) is 0. The van der Waals surface area contributed by atoms with Crippen LogP contribution in [0.15, 0.2) is 18.2 Å². The van der Waals surface area contributed by atoms with Gasteiger partial charge >= 0.3 is 0 Å². The number of fused-ring (bicyclic) bond motifs is 1.